The lowest BCUT2D eigenvalue weighted by Gasteiger charge is -2.56. The molecule has 1 aliphatic heterocycles. The smallest absolute Gasteiger partial charge is 0.241 e. The van der Waals surface area contributed by atoms with Crippen molar-refractivity contribution in [1.82, 2.24) is 15.2 Å². The maximum atomic E-state index is 12.7. The lowest BCUT2D eigenvalue weighted by Crippen LogP contribution is -2.49. The van der Waals surface area contributed by atoms with Gasteiger partial charge in [0.15, 0.2) is 0 Å². The molecule has 0 spiro atoms. The Labute approximate surface area is 196 Å². The summed E-state index contributed by atoms with van der Waals surface area (Å²) >= 11 is 0. The number of anilines is 1. The van der Waals surface area contributed by atoms with Crippen LogP contribution in [0.3, 0.4) is 0 Å². The van der Waals surface area contributed by atoms with E-state index in [-0.39, 0.29) is 35.6 Å². The molecule has 7 nitrogen and oxygen atoms in total. The topological polar surface area (TPSA) is 91.4 Å². The maximum Gasteiger partial charge on any atom is 0.241 e. The van der Waals surface area contributed by atoms with Crippen LogP contribution in [0.4, 0.5) is 5.82 Å². The molecule has 4 saturated carbocycles. The molecule has 0 aromatic carbocycles. The minimum absolute atomic E-state index is 0.0326. The van der Waals surface area contributed by atoms with E-state index < -0.39 is 0 Å². The molecule has 0 unspecified atom stereocenters. The van der Waals surface area contributed by atoms with Crippen molar-refractivity contribution in [3.63, 3.8) is 0 Å². The van der Waals surface area contributed by atoms with Gasteiger partial charge in [0.1, 0.15) is 5.82 Å². The van der Waals surface area contributed by atoms with E-state index in [4.69, 9.17) is 0 Å². The fourth-order valence-electron chi connectivity index (χ4n) is 7.36. The van der Waals surface area contributed by atoms with Gasteiger partial charge in [-0.05, 0) is 93.1 Å². The Morgan fingerprint density at radius 1 is 1.03 bits per heavy atom. The van der Waals surface area contributed by atoms with Crippen LogP contribution in [0.5, 0.6) is 0 Å². The van der Waals surface area contributed by atoms with E-state index >= 15 is 0 Å². The van der Waals surface area contributed by atoms with Crippen molar-refractivity contribution >= 4 is 23.5 Å². The third-order valence-corrected chi connectivity index (χ3v) is 8.52. The molecule has 0 radical (unpaired) electrons. The molecule has 5 aliphatic rings. The molecular weight excluding hydrogens is 416 g/mol. The first kappa shape index (κ1) is 22.4. The molecule has 7 heteroatoms. The first-order valence-corrected chi connectivity index (χ1v) is 12.7. The van der Waals surface area contributed by atoms with Crippen LogP contribution in [0.2, 0.25) is 0 Å². The van der Waals surface area contributed by atoms with Crippen LogP contribution in [-0.4, -0.2) is 47.2 Å². The summed E-state index contributed by atoms with van der Waals surface area (Å²) in [6, 6.07) is 3.72. The zero-order valence-electron chi connectivity index (χ0n) is 19.6. The standard InChI is InChI=1S/C26H36N4O3/c1-17-2-3-22(27-15-17)29-25(33)21-4-6-30(7-5-21)24(32)16-28-23(31)14-26-11-18-8-19(12-26)10-20(9-18)13-26/h2-3,15,18-21H,4-14,16H2,1H3,(H,28,31)(H,27,29,33). The predicted octanol–water partition coefficient (Wildman–Crippen LogP) is 3.29. The molecule has 178 valence electrons. The van der Waals surface area contributed by atoms with E-state index in [9.17, 15) is 14.4 Å². The molecule has 5 fully saturated rings. The molecular formula is C26H36N4O3. The molecule has 0 atom stereocenters. The largest absolute Gasteiger partial charge is 0.347 e. The van der Waals surface area contributed by atoms with Gasteiger partial charge in [-0.3, -0.25) is 14.4 Å². The minimum atomic E-state index is -0.122. The number of likely N-dealkylation sites (tertiary alicyclic amines) is 1. The number of amides is 3. The highest BCUT2D eigenvalue weighted by Crippen LogP contribution is 2.61. The van der Waals surface area contributed by atoms with Gasteiger partial charge in [0.25, 0.3) is 0 Å². The average molecular weight is 453 g/mol. The van der Waals surface area contributed by atoms with Crippen LogP contribution in [-0.2, 0) is 14.4 Å². The van der Waals surface area contributed by atoms with Crippen LogP contribution in [0.1, 0.15) is 63.4 Å². The Morgan fingerprint density at radius 2 is 1.67 bits per heavy atom. The molecule has 3 amide bonds. The van der Waals surface area contributed by atoms with Crippen molar-refractivity contribution in [3.05, 3.63) is 23.9 Å². The first-order valence-electron chi connectivity index (χ1n) is 12.7. The molecule has 4 bridgehead atoms. The summed E-state index contributed by atoms with van der Waals surface area (Å²) in [5.74, 6) is 2.86. The van der Waals surface area contributed by atoms with Crippen molar-refractivity contribution < 1.29 is 14.4 Å². The summed E-state index contributed by atoms with van der Waals surface area (Å²) in [5.41, 5.74) is 1.24. The second kappa shape index (κ2) is 9.07. The van der Waals surface area contributed by atoms with Crippen molar-refractivity contribution in [3.8, 4) is 0 Å². The number of aryl methyl sites for hydroxylation is 1. The highest BCUT2D eigenvalue weighted by atomic mass is 16.2. The number of carbonyl (C=O) groups is 3. The number of pyridine rings is 1. The third-order valence-electron chi connectivity index (χ3n) is 8.52. The van der Waals surface area contributed by atoms with E-state index in [1.165, 1.54) is 38.5 Å². The number of nitrogens with zero attached hydrogens (tertiary/aromatic N) is 2. The summed E-state index contributed by atoms with van der Waals surface area (Å²) in [6.07, 6.45) is 11.3. The van der Waals surface area contributed by atoms with Gasteiger partial charge in [-0.25, -0.2) is 4.98 Å². The fraction of sp³-hybridized carbons (Fsp3) is 0.692. The van der Waals surface area contributed by atoms with E-state index in [0.29, 0.717) is 38.2 Å². The van der Waals surface area contributed by atoms with E-state index in [1.54, 1.807) is 17.2 Å². The van der Waals surface area contributed by atoms with E-state index in [1.807, 2.05) is 13.0 Å². The molecule has 2 heterocycles. The number of rotatable bonds is 6. The fourth-order valence-corrected chi connectivity index (χ4v) is 7.36. The molecule has 2 N–H and O–H groups in total. The zero-order chi connectivity index (χ0) is 23.0. The highest BCUT2D eigenvalue weighted by molar-refractivity contribution is 5.92. The molecule has 1 aromatic heterocycles. The first-order chi connectivity index (χ1) is 15.9. The van der Waals surface area contributed by atoms with Crippen LogP contribution >= 0.6 is 0 Å². The summed E-state index contributed by atoms with van der Waals surface area (Å²) < 4.78 is 0. The SMILES string of the molecule is Cc1ccc(NC(=O)C2CCN(C(=O)CNC(=O)CC34CC5CC(CC(C5)C3)C4)CC2)nc1. The van der Waals surface area contributed by atoms with Crippen LogP contribution in [0, 0.1) is 36.0 Å². The van der Waals surface area contributed by atoms with Crippen LogP contribution in [0.15, 0.2) is 18.3 Å². The van der Waals surface area contributed by atoms with Crippen molar-refractivity contribution in [2.24, 2.45) is 29.1 Å². The zero-order valence-corrected chi connectivity index (χ0v) is 19.6. The van der Waals surface area contributed by atoms with E-state index in [2.05, 4.69) is 15.6 Å². The van der Waals surface area contributed by atoms with E-state index in [0.717, 1.165) is 23.3 Å². The number of aromatic nitrogens is 1. The summed E-state index contributed by atoms with van der Waals surface area (Å²) in [5, 5.41) is 5.78. The Hall–Kier alpha value is -2.44. The van der Waals surface area contributed by atoms with Crippen molar-refractivity contribution in [2.75, 3.05) is 25.0 Å². The van der Waals surface area contributed by atoms with Gasteiger partial charge < -0.3 is 15.5 Å². The molecule has 4 aliphatic carbocycles. The number of piperidine rings is 1. The van der Waals surface area contributed by atoms with Crippen molar-refractivity contribution in [2.45, 2.75) is 64.7 Å². The lowest BCUT2D eigenvalue weighted by molar-refractivity contribution is -0.137. The van der Waals surface area contributed by atoms with Gasteiger partial charge in [-0.15, -0.1) is 0 Å². The molecule has 1 aromatic rings. The highest BCUT2D eigenvalue weighted by Gasteiger charge is 2.51. The quantitative estimate of drug-likeness (QED) is 0.693. The van der Waals surface area contributed by atoms with Gasteiger partial charge in [0.05, 0.1) is 6.54 Å². The minimum Gasteiger partial charge on any atom is -0.347 e. The predicted molar refractivity (Wildman–Crippen MR) is 125 cm³/mol. The van der Waals surface area contributed by atoms with Gasteiger partial charge >= 0.3 is 0 Å². The summed E-state index contributed by atoms with van der Waals surface area (Å²) in [6.45, 7) is 3.11. The van der Waals surface area contributed by atoms with Crippen LogP contribution in [0.25, 0.3) is 0 Å². The number of nitrogens with one attached hydrogen (secondary N) is 2. The third kappa shape index (κ3) is 5.07. The van der Waals surface area contributed by atoms with Gasteiger partial charge in [-0.2, -0.15) is 0 Å². The number of hydrogen-bond acceptors (Lipinski definition) is 4. The monoisotopic (exact) mass is 452 g/mol. The summed E-state index contributed by atoms with van der Waals surface area (Å²) in [4.78, 5) is 43.9. The van der Waals surface area contributed by atoms with Crippen molar-refractivity contribution in [1.29, 1.82) is 0 Å². The maximum absolute atomic E-state index is 12.7. The Morgan fingerprint density at radius 3 is 2.24 bits per heavy atom. The second-order valence-electron chi connectivity index (χ2n) is 11.2. The van der Waals surface area contributed by atoms with Gasteiger partial charge in [0, 0.05) is 31.6 Å². The molecule has 6 rings (SSSR count). The Bertz CT molecular complexity index is 869. The molecule has 33 heavy (non-hydrogen) atoms. The van der Waals surface area contributed by atoms with Gasteiger partial charge in [0.2, 0.25) is 17.7 Å². The lowest BCUT2D eigenvalue weighted by atomic mass is 9.49. The summed E-state index contributed by atoms with van der Waals surface area (Å²) in [7, 11) is 0. The number of hydrogen-bond donors (Lipinski definition) is 2. The second-order valence-corrected chi connectivity index (χ2v) is 11.2. The number of carbonyl (C=O) groups excluding carboxylic acids is 3. The van der Waals surface area contributed by atoms with Crippen LogP contribution < -0.4 is 10.6 Å². The Kier molecular flexibility index (Phi) is 6.14. The normalized spacial score (nSPS) is 30.8. The average Bonchev–Trinajstić information content (AvgIpc) is 2.78. The Balaban J connectivity index is 1.04. The molecule has 1 saturated heterocycles. The van der Waals surface area contributed by atoms with Gasteiger partial charge in [-0.1, -0.05) is 6.07 Å².